The summed E-state index contributed by atoms with van der Waals surface area (Å²) < 4.78 is 44.7. The van der Waals surface area contributed by atoms with E-state index in [9.17, 15) is 12.8 Å². The van der Waals surface area contributed by atoms with Gasteiger partial charge in [-0.15, -0.1) is 0 Å². The highest BCUT2D eigenvalue weighted by Gasteiger charge is 2.11. The van der Waals surface area contributed by atoms with Crippen LogP contribution in [-0.4, -0.2) is 20.8 Å². The van der Waals surface area contributed by atoms with Gasteiger partial charge in [-0.3, -0.25) is 4.72 Å². The molecule has 0 aliphatic rings. The lowest BCUT2D eigenvalue weighted by molar-refractivity contribution is 0.340. The number of unbranched alkanes of at least 4 members (excludes halogenated alkanes) is 1. The first-order valence-corrected chi connectivity index (χ1v) is 9.61. The van der Waals surface area contributed by atoms with Crippen LogP contribution in [0.5, 0.6) is 5.75 Å². The van der Waals surface area contributed by atoms with Crippen molar-refractivity contribution in [3.63, 3.8) is 0 Å². The van der Waals surface area contributed by atoms with Crippen LogP contribution in [0.25, 0.3) is 0 Å². The molecule has 24 heavy (non-hydrogen) atoms. The van der Waals surface area contributed by atoms with Crippen LogP contribution in [0, 0.1) is 5.82 Å². The zero-order valence-corrected chi connectivity index (χ0v) is 14.5. The standard InChI is InChI=1S/C18H22FNO3S/c1-2-3-4-15-5-9-17(10-6-15)20-24(21,22)14-13-23-18-11-7-16(19)8-12-18/h5-12,20H,2-4,13-14H2,1H3. The van der Waals surface area contributed by atoms with Gasteiger partial charge in [-0.25, -0.2) is 12.8 Å². The van der Waals surface area contributed by atoms with E-state index in [2.05, 4.69) is 11.6 Å². The normalized spacial score (nSPS) is 11.2. The highest BCUT2D eigenvalue weighted by molar-refractivity contribution is 7.92. The third kappa shape index (κ3) is 6.20. The molecule has 4 nitrogen and oxygen atoms in total. The van der Waals surface area contributed by atoms with E-state index in [0.29, 0.717) is 11.4 Å². The third-order valence-electron chi connectivity index (χ3n) is 3.48. The molecule has 0 radical (unpaired) electrons. The van der Waals surface area contributed by atoms with Crippen molar-refractivity contribution in [1.29, 1.82) is 0 Å². The van der Waals surface area contributed by atoms with Gasteiger partial charge in [-0.05, 0) is 54.8 Å². The minimum Gasteiger partial charge on any atom is -0.492 e. The second kappa shape index (κ2) is 8.68. The maximum absolute atomic E-state index is 12.8. The Hall–Kier alpha value is -2.08. The van der Waals surface area contributed by atoms with Gasteiger partial charge in [0.1, 0.15) is 23.9 Å². The summed E-state index contributed by atoms with van der Waals surface area (Å²) in [6.07, 6.45) is 3.24. The highest BCUT2D eigenvalue weighted by atomic mass is 32.2. The van der Waals surface area contributed by atoms with Crippen molar-refractivity contribution in [3.05, 3.63) is 59.9 Å². The minimum absolute atomic E-state index is 0.00442. The lowest BCUT2D eigenvalue weighted by atomic mass is 10.1. The number of aryl methyl sites for hydroxylation is 1. The predicted molar refractivity (Wildman–Crippen MR) is 94.4 cm³/mol. The van der Waals surface area contributed by atoms with E-state index in [1.807, 2.05) is 12.1 Å². The molecule has 0 bridgehead atoms. The highest BCUT2D eigenvalue weighted by Crippen LogP contribution is 2.14. The van der Waals surface area contributed by atoms with E-state index in [4.69, 9.17) is 4.74 Å². The summed E-state index contributed by atoms with van der Waals surface area (Å²) in [5, 5.41) is 0. The monoisotopic (exact) mass is 351 g/mol. The number of benzene rings is 2. The number of hydrogen-bond acceptors (Lipinski definition) is 3. The molecule has 0 heterocycles. The summed E-state index contributed by atoms with van der Waals surface area (Å²) in [6.45, 7) is 2.13. The van der Waals surface area contributed by atoms with Crippen LogP contribution >= 0.6 is 0 Å². The van der Waals surface area contributed by atoms with Crippen molar-refractivity contribution in [2.45, 2.75) is 26.2 Å². The Kier molecular flexibility index (Phi) is 6.61. The van der Waals surface area contributed by atoms with Gasteiger partial charge in [0.05, 0.1) is 0 Å². The molecule has 0 spiro atoms. The Morgan fingerprint density at radius 3 is 2.33 bits per heavy atom. The second-order valence-corrected chi connectivity index (χ2v) is 7.37. The molecule has 2 aromatic carbocycles. The van der Waals surface area contributed by atoms with E-state index in [0.717, 1.165) is 19.3 Å². The van der Waals surface area contributed by atoms with E-state index in [1.165, 1.54) is 29.8 Å². The van der Waals surface area contributed by atoms with E-state index >= 15 is 0 Å². The van der Waals surface area contributed by atoms with Gasteiger partial charge < -0.3 is 4.74 Å². The zero-order valence-electron chi connectivity index (χ0n) is 13.7. The third-order valence-corrected chi connectivity index (χ3v) is 4.73. The van der Waals surface area contributed by atoms with Crippen molar-refractivity contribution in [1.82, 2.24) is 0 Å². The van der Waals surface area contributed by atoms with Crippen molar-refractivity contribution >= 4 is 15.7 Å². The van der Waals surface area contributed by atoms with Gasteiger partial charge in [0.2, 0.25) is 10.0 Å². The fourth-order valence-electron chi connectivity index (χ4n) is 2.15. The molecule has 0 unspecified atom stereocenters. The van der Waals surface area contributed by atoms with Gasteiger partial charge in [-0.1, -0.05) is 25.5 Å². The van der Waals surface area contributed by atoms with Crippen LogP contribution in [0.3, 0.4) is 0 Å². The van der Waals surface area contributed by atoms with E-state index in [-0.39, 0.29) is 18.2 Å². The molecule has 0 aliphatic carbocycles. The van der Waals surface area contributed by atoms with Crippen LogP contribution in [0.15, 0.2) is 48.5 Å². The fraction of sp³-hybridized carbons (Fsp3) is 0.333. The Labute approximate surface area is 142 Å². The average molecular weight is 351 g/mol. The van der Waals surface area contributed by atoms with Crippen LogP contribution in [0.1, 0.15) is 25.3 Å². The Morgan fingerprint density at radius 1 is 1.04 bits per heavy atom. The summed E-state index contributed by atoms with van der Waals surface area (Å²) in [6, 6.07) is 12.9. The van der Waals surface area contributed by atoms with Crippen LogP contribution in [0.4, 0.5) is 10.1 Å². The molecule has 0 fully saturated rings. The second-order valence-electron chi connectivity index (χ2n) is 5.52. The molecule has 0 aliphatic heterocycles. The van der Waals surface area contributed by atoms with Crippen molar-refractivity contribution in [3.8, 4) is 5.75 Å². The first-order chi connectivity index (χ1) is 11.5. The minimum atomic E-state index is -3.49. The summed E-state index contributed by atoms with van der Waals surface area (Å²) in [4.78, 5) is 0. The molecule has 0 amide bonds. The summed E-state index contributed by atoms with van der Waals surface area (Å²) in [5.74, 6) is -0.104. The van der Waals surface area contributed by atoms with Crippen molar-refractivity contribution in [2.24, 2.45) is 0 Å². The number of halogens is 1. The van der Waals surface area contributed by atoms with Crippen LogP contribution < -0.4 is 9.46 Å². The maximum Gasteiger partial charge on any atom is 0.236 e. The van der Waals surface area contributed by atoms with Gasteiger partial charge >= 0.3 is 0 Å². The Bertz CT molecular complexity index is 728. The SMILES string of the molecule is CCCCc1ccc(NS(=O)(=O)CCOc2ccc(F)cc2)cc1. The number of hydrogen-bond donors (Lipinski definition) is 1. The first-order valence-electron chi connectivity index (χ1n) is 7.96. The quantitative estimate of drug-likeness (QED) is 0.743. The number of rotatable bonds is 9. The summed E-state index contributed by atoms with van der Waals surface area (Å²) in [5.41, 5.74) is 1.73. The Balaban J connectivity index is 1.83. The molecule has 2 rings (SSSR count). The topological polar surface area (TPSA) is 55.4 Å². The molecule has 0 aromatic heterocycles. The van der Waals surface area contributed by atoms with Crippen molar-refractivity contribution < 1.29 is 17.5 Å². The number of ether oxygens (including phenoxy) is 1. The number of anilines is 1. The maximum atomic E-state index is 12.8. The largest absolute Gasteiger partial charge is 0.492 e. The summed E-state index contributed by atoms with van der Waals surface area (Å²) in [7, 11) is -3.49. The first kappa shape index (κ1) is 18.3. The molecular formula is C18H22FNO3S. The van der Waals surface area contributed by atoms with E-state index in [1.54, 1.807) is 12.1 Å². The van der Waals surface area contributed by atoms with Crippen LogP contribution in [0.2, 0.25) is 0 Å². The molecule has 0 atom stereocenters. The van der Waals surface area contributed by atoms with Gasteiger partial charge in [0.15, 0.2) is 0 Å². The van der Waals surface area contributed by atoms with Gasteiger partial charge in [0, 0.05) is 5.69 Å². The molecule has 6 heteroatoms. The number of nitrogens with one attached hydrogen (secondary N) is 1. The lowest BCUT2D eigenvalue weighted by Crippen LogP contribution is -2.21. The predicted octanol–water partition coefficient (Wildman–Crippen LogP) is 3.99. The Morgan fingerprint density at radius 2 is 1.71 bits per heavy atom. The number of sulfonamides is 1. The zero-order chi connectivity index (χ0) is 17.4. The lowest BCUT2D eigenvalue weighted by Gasteiger charge is -2.10. The van der Waals surface area contributed by atoms with Gasteiger partial charge in [0.25, 0.3) is 0 Å². The van der Waals surface area contributed by atoms with E-state index < -0.39 is 10.0 Å². The molecule has 2 aromatic rings. The molecule has 0 saturated carbocycles. The average Bonchev–Trinajstić information content (AvgIpc) is 2.55. The smallest absolute Gasteiger partial charge is 0.236 e. The van der Waals surface area contributed by atoms with Gasteiger partial charge in [-0.2, -0.15) is 0 Å². The van der Waals surface area contributed by atoms with Crippen molar-refractivity contribution in [2.75, 3.05) is 17.1 Å². The molecular weight excluding hydrogens is 329 g/mol. The fourth-order valence-corrected chi connectivity index (χ4v) is 3.05. The summed E-state index contributed by atoms with van der Waals surface area (Å²) >= 11 is 0. The molecule has 1 N–H and O–H groups in total. The molecule has 130 valence electrons. The molecule has 0 saturated heterocycles. The van der Waals surface area contributed by atoms with Crippen LogP contribution in [-0.2, 0) is 16.4 Å².